The van der Waals surface area contributed by atoms with Gasteiger partial charge in [0.2, 0.25) is 0 Å². The summed E-state index contributed by atoms with van der Waals surface area (Å²) >= 11 is 17.3. The van der Waals surface area contributed by atoms with Crippen molar-refractivity contribution >= 4 is 58.4 Å². The number of nitrogens with zero attached hydrogens (tertiary/aromatic N) is 6. The van der Waals surface area contributed by atoms with Gasteiger partial charge in [-0.25, -0.2) is 24.5 Å². The first-order chi connectivity index (χ1) is 17.2. The monoisotopic (exact) mass is 545 g/mol. The number of hydroxylamine groups is 1. The lowest BCUT2D eigenvalue weighted by molar-refractivity contribution is 0.240. The quantitative estimate of drug-likeness (QED) is 0.118. The fourth-order valence-electron chi connectivity index (χ4n) is 2.13. The van der Waals surface area contributed by atoms with Crippen LogP contribution >= 0.6 is 34.8 Å². The van der Waals surface area contributed by atoms with Crippen molar-refractivity contribution in [3.05, 3.63) is 74.9 Å². The van der Waals surface area contributed by atoms with Crippen molar-refractivity contribution in [2.45, 2.75) is 28.2 Å². The van der Waals surface area contributed by atoms with E-state index in [-0.39, 0.29) is 0 Å². The average Bonchev–Trinajstić information content (AvgIpc) is 3.38. The molecule has 0 atom stereocenters. The molecule has 0 radical (unpaired) electrons. The maximum absolute atomic E-state index is 9.50. The highest BCUT2D eigenvalue weighted by Crippen LogP contribution is 2.16. The Kier molecular flexibility index (Phi) is 14.2. The lowest BCUT2D eigenvalue weighted by Gasteiger charge is -1.97. The minimum Gasteiger partial charge on any atom is -0.384 e. The Morgan fingerprint density at radius 2 is 1.57 bits per heavy atom. The zero-order chi connectivity index (χ0) is 27.7. The number of pyridine rings is 3. The molecule has 0 bridgehead atoms. The molecule has 9 nitrogen and oxygen atoms in total. The molecule has 190 valence electrons. The van der Waals surface area contributed by atoms with Crippen molar-refractivity contribution in [3.8, 4) is 0 Å². The molecular weight excluding hydrogens is 518 g/mol. The van der Waals surface area contributed by atoms with E-state index in [1.165, 1.54) is 13.7 Å². The fraction of sp³-hybridized carbons (Fsp3) is 0.227. The van der Waals surface area contributed by atoms with Crippen LogP contribution in [0.25, 0.3) is 5.65 Å². The first-order valence-corrected chi connectivity index (χ1v) is 10.6. The lowest BCUT2D eigenvalue weighted by Crippen LogP contribution is -2.01. The van der Waals surface area contributed by atoms with E-state index in [9.17, 15) is 4.39 Å². The van der Waals surface area contributed by atoms with Gasteiger partial charge in [-0.05, 0) is 55.7 Å². The second-order valence-electron chi connectivity index (χ2n) is 6.35. The number of hydrogen-bond donors (Lipinski definition) is 3. The molecular formula is C22H28Cl3FN8O. The summed E-state index contributed by atoms with van der Waals surface area (Å²) in [6.07, 6.45) is 2.61. The third-order valence-electron chi connectivity index (χ3n) is 3.90. The zero-order valence-corrected chi connectivity index (χ0v) is 22.1. The molecule has 4 aromatic rings. The SMILES string of the molecule is CF.Cc1ccc(N)nc1Cl.Cc1ccc(N=CNO)nc1Cl.Cc1ccc2ncnn2c1Cl.[2H]C. The smallest absolute Gasteiger partial charge is 0.157 e. The van der Waals surface area contributed by atoms with Gasteiger partial charge in [-0.1, -0.05) is 60.4 Å². The number of halogens is 4. The summed E-state index contributed by atoms with van der Waals surface area (Å²) in [6.45, 7) is 5.67. The molecule has 13 heteroatoms. The molecule has 0 saturated heterocycles. The third-order valence-corrected chi connectivity index (χ3v) is 5.12. The number of aromatic nitrogens is 5. The van der Waals surface area contributed by atoms with E-state index in [1.807, 2.05) is 39.0 Å². The Hall–Kier alpha value is -3.05. The molecule has 35 heavy (non-hydrogen) atoms. The molecule has 4 heterocycles. The van der Waals surface area contributed by atoms with Crippen LogP contribution in [0.3, 0.4) is 0 Å². The lowest BCUT2D eigenvalue weighted by atomic mass is 10.3. The molecule has 4 N–H and O–H groups in total. The van der Waals surface area contributed by atoms with Crippen LogP contribution in [0.2, 0.25) is 15.5 Å². The van der Waals surface area contributed by atoms with Crippen molar-refractivity contribution in [3.63, 3.8) is 0 Å². The van der Waals surface area contributed by atoms with Crippen LogP contribution in [0.4, 0.5) is 16.0 Å². The van der Waals surface area contributed by atoms with Crippen LogP contribution in [0, 0.1) is 20.8 Å². The van der Waals surface area contributed by atoms with E-state index >= 15 is 0 Å². The van der Waals surface area contributed by atoms with E-state index in [2.05, 4.69) is 25.0 Å². The third kappa shape index (κ3) is 10.4. The van der Waals surface area contributed by atoms with Gasteiger partial charge in [0, 0.05) is 1.37 Å². The first-order valence-electron chi connectivity index (χ1n) is 10.5. The summed E-state index contributed by atoms with van der Waals surface area (Å²) in [6, 6.07) is 10.9. The van der Waals surface area contributed by atoms with E-state index < -0.39 is 0 Å². The Bertz CT molecular complexity index is 1230. The second-order valence-corrected chi connectivity index (χ2v) is 7.42. The minimum atomic E-state index is 0.419. The normalized spacial score (nSPS) is 9.83. The number of alkyl halides is 1. The van der Waals surface area contributed by atoms with Crippen molar-refractivity contribution in [2.75, 3.05) is 12.9 Å². The zero-order valence-electron chi connectivity index (χ0n) is 20.8. The average molecular weight is 547 g/mol. The predicted molar refractivity (Wildman–Crippen MR) is 142 cm³/mol. The van der Waals surface area contributed by atoms with Crippen molar-refractivity contribution in [2.24, 2.45) is 4.99 Å². The second kappa shape index (κ2) is 16.6. The van der Waals surface area contributed by atoms with E-state index in [4.69, 9.17) is 47.1 Å². The molecule has 0 saturated carbocycles. The number of aliphatic imine (C=N–C) groups is 1. The molecule has 0 aliphatic carbocycles. The van der Waals surface area contributed by atoms with Crippen molar-refractivity contribution < 1.29 is 11.0 Å². The van der Waals surface area contributed by atoms with Crippen LogP contribution in [-0.4, -0.2) is 43.3 Å². The molecule has 0 fully saturated rings. The van der Waals surface area contributed by atoms with Gasteiger partial charge < -0.3 is 5.73 Å². The molecule has 0 aliphatic rings. The van der Waals surface area contributed by atoms with E-state index in [0.29, 0.717) is 34.3 Å². The van der Waals surface area contributed by atoms with Crippen LogP contribution in [0.1, 0.15) is 25.5 Å². The Balaban J connectivity index is 0.000000480. The number of anilines is 1. The van der Waals surface area contributed by atoms with Crippen LogP contribution in [-0.2, 0) is 0 Å². The molecule has 4 rings (SSSR count). The van der Waals surface area contributed by atoms with Gasteiger partial charge in [0.1, 0.15) is 33.9 Å². The van der Waals surface area contributed by atoms with Gasteiger partial charge in [0.25, 0.3) is 0 Å². The van der Waals surface area contributed by atoms with Gasteiger partial charge >= 0.3 is 0 Å². The Morgan fingerprint density at radius 1 is 1.00 bits per heavy atom. The molecule has 0 aliphatic heterocycles. The maximum Gasteiger partial charge on any atom is 0.157 e. The van der Waals surface area contributed by atoms with Gasteiger partial charge in [-0.3, -0.25) is 15.1 Å². The summed E-state index contributed by atoms with van der Waals surface area (Å²) in [7, 11) is 1.75. The Labute approximate surface area is 220 Å². The van der Waals surface area contributed by atoms with Gasteiger partial charge in [-0.2, -0.15) is 5.10 Å². The minimum absolute atomic E-state index is 0.419. The highest BCUT2D eigenvalue weighted by molar-refractivity contribution is 6.30. The molecule has 0 amide bonds. The van der Waals surface area contributed by atoms with Crippen LogP contribution in [0.15, 0.2) is 47.7 Å². The van der Waals surface area contributed by atoms with Crippen LogP contribution < -0.4 is 11.2 Å². The summed E-state index contributed by atoms with van der Waals surface area (Å²) in [5.41, 5.74) is 10.7. The number of hydrogen-bond acceptors (Lipinski definition) is 7. The number of fused-ring (bicyclic) bond motifs is 1. The van der Waals surface area contributed by atoms with E-state index in [0.717, 1.165) is 28.7 Å². The highest BCUT2D eigenvalue weighted by atomic mass is 35.5. The summed E-state index contributed by atoms with van der Waals surface area (Å²) in [4.78, 5) is 15.5. The standard InChI is InChI=1S/C7H8ClN3O.C7H6ClN3.C6H7ClN2.CH3F.CH4/c1-5-2-3-6(9-4-10-12)11-7(5)8;1-5-2-3-6-9-4-10-11(6)7(5)8;1-4-2-3-5(8)9-6(4)7;1-2;/h2-4,12H,1H3,(H,9,10,11);2-4H,1H3;2-3H,1H3,(H2,8,9);1H3;1H4/i;;;;1D. The summed E-state index contributed by atoms with van der Waals surface area (Å²) < 4.78 is 16.9. The van der Waals surface area contributed by atoms with Gasteiger partial charge in [0.15, 0.2) is 11.5 Å². The largest absolute Gasteiger partial charge is 0.384 e. The number of rotatable bonds is 2. The highest BCUT2D eigenvalue weighted by Gasteiger charge is 2.01. The van der Waals surface area contributed by atoms with Crippen molar-refractivity contribution in [1.82, 2.24) is 30.0 Å². The number of nitrogens with one attached hydrogen (secondary N) is 1. The molecule has 0 unspecified atom stereocenters. The molecule has 0 spiro atoms. The Morgan fingerprint density at radius 3 is 2.11 bits per heavy atom. The number of nitrogen functional groups attached to an aromatic ring is 1. The number of nitrogens with two attached hydrogens (primary N) is 1. The first kappa shape index (κ1) is 30.0. The maximum atomic E-state index is 9.50. The molecule has 0 aromatic carbocycles. The summed E-state index contributed by atoms with van der Waals surface area (Å²) in [5.74, 6) is 0.915. The molecule has 4 aromatic heterocycles. The topological polar surface area (TPSA) is 127 Å². The summed E-state index contributed by atoms with van der Waals surface area (Å²) in [5, 5.41) is 13.7. The van der Waals surface area contributed by atoms with Gasteiger partial charge in [-0.15, -0.1) is 0 Å². The van der Waals surface area contributed by atoms with E-state index in [1.54, 1.807) is 28.2 Å². The number of aryl methyl sites for hydroxylation is 3. The predicted octanol–water partition coefficient (Wildman–Crippen LogP) is 6.22. The van der Waals surface area contributed by atoms with Crippen molar-refractivity contribution in [1.29, 1.82) is 0 Å². The van der Waals surface area contributed by atoms with Crippen LogP contribution in [0.5, 0.6) is 0 Å². The van der Waals surface area contributed by atoms with Gasteiger partial charge in [0.05, 0.1) is 7.18 Å². The fourth-order valence-corrected chi connectivity index (χ4v) is 2.63.